The standard InChI is InChI=1S/C20H24N2O2.ClH/c1-24-18-9-7-16(8-10-18)17-11-12-22(14-17)20(23)19(21)13-15-5-3-2-4-6-15;/h2-10,17,19H,11-14,21H2,1H3;1H. The third-order valence-electron chi connectivity index (χ3n) is 4.70. The van der Waals surface area contributed by atoms with Gasteiger partial charge >= 0.3 is 0 Å². The molecule has 2 N–H and O–H groups in total. The Morgan fingerprint density at radius 1 is 1.20 bits per heavy atom. The number of methoxy groups -OCH3 is 1. The smallest absolute Gasteiger partial charge is 0.239 e. The first-order chi connectivity index (χ1) is 11.7. The van der Waals surface area contributed by atoms with Gasteiger partial charge in [-0.1, -0.05) is 42.5 Å². The lowest BCUT2D eigenvalue weighted by Gasteiger charge is -2.21. The third-order valence-corrected chi connectivity index (χ3v) is 4.70. The van der Waals surface area contributed by atoms with E-state index >= 15 is 0 Å². The summed E-state index contributed by atoms with van der Waals surface area (Å²) in [5.74, 6) is 1.29. The summed E-state index contributed by atoms with van der Waals surface area (Å²) < 4.78 is 5.20. The Balaban J connectivity index is 0.00000225. The monoisotopic (exact) mass is 360 g/mol. The van der Waals surface area contributed by atoms with Crippen molar-refractivity contribution in [3.8, 4) is 5.75 Å². The molecule has 1 amide bonds. The molecule has 0 spiro atoms. The predicted octanol–water partition coefficient (Wildman–Crippen LogP) is 3.00. The van der Waals surface area contributed by atoms with E-state index < -0.39 is 6.04 Å². The Labute approximate surface area is 155 Å². The SMILES string of the molecule is COc1ccc(C2CCN(C(=O)C(N)Cc3ccccc3)C2)cc1.Cl. The Bertz CT molecular complexity index is 676. The molecular weight excluding hydrogens is 336 g/mol. The van der Waals surface area contributed by atoms with Crippen molar-refractivity contribution >= 4 is 18.3 Å². The van der Waals surface area contributed by atoms with Crippen LogP contribution < -0.4 is 10.5 Å². The second kappa shape index (κ2) is 8.88. The number of carbonyl (C=O) groups is 1. The zero-order chi connectivity index (χ0) is 16.9. The molecule has 1 fully saturated rings. The van der Waals surface area contributed by atoms with Crippen LogP contribution in [0.2, 0.25) is 0 Å². The summed E-state index contributed by atoms with van der Waals surface area (Å²) in [6.07, 6.45) is 1.57. The fourth-order valence-electron chi connectivity index (χ4n) is 3.30. The topological polar surface area (TPSA) is 55.6 Å². The summed E-state index contributed by atoms with van der Waals surface area (Å²) in [6.45, 7) is 1.52. The zero-order valence-corrected chi connectivity index (χ0v) is 15.2. The van der Waals surface area contributed by atoms with Gasteiger partial charge in [-0.2, -0.15) is 0 Å². The van der Waals surface area contributed by atoms with E-state index in [2.05, 4.69) is 12.1 Å². The number of ether oxygens (including phenoxy) is 1. The molecule has 3 rings (SSSR count). The zero-order valence-electron chi connectivity index (χ0n) is 14.4. The Morgan fingerprint density at radius 2 is 1.88 bits per heavy atom. The molecule has 2 unspecified atom stereocenters. The summed E-state index contributed by atoms with van der Waals surface area (Å²) in [5, 5.41) is 0. The van der Waals surface area contributed by atoms with Crippen molar-refractivity contribution in [1.82, 2.24) is 4.90 Å². The first-order valence-electron chi connectivity index (χ1n) is 8.39. The molecule has 0 aliphatic carbocycles. The van der Waals surface area contributed by atoms with Crippen LogP contribution in [0.25, 0.3) is 0 Å². The first kappa shape index (κ1) is 19.3. The fourth-order valence-corrected chi connectivity index (χ4v) is 3.30. The van der Waals surface area contributed by atoms with Gasteiger partial charge in [-0.25, -0.2) is 0 Å². The van der Waals surface area contributed by atoms with Crippen molar-refractivity contribution in [2.24, 2.45) is 5.73 Å². The number of hydrogen-bond donors (Lipinski definition) is 1. The van der Waals surface area contributed by atoms with Crippen LogP contribution in [0.3, 0.4) is 0 Å². The average Bonchev–Trinajstić information content (AvgIpc) is 3.12. The molecule has 1 aliphatic rings. The third kappa shape index (κ3) is 4.74. The van der Waals surface area contributed by atoms with Gasteiger partial charge in [0.1, 0.15) is 5.75 Å². The van der Waals surface area contributed by atoms with Crippen LogP contribution in [0, 0.1) is 0 Å². The van der Waals surface area contributed by atoms with Crippen LogP contribution in [0.15, 0.2) is 54.6 Å². The number of likely N-dealkylation sites (tertiary alicyclic amines) is 1. The predicted molar refractivity (Wildman–Crippen MR) is 102 cm³/mol. The van der Waals surface area contributed by atoms with Crippen molar-refractivity contribution < 1.29 is 9.53 Å². The highest BCUT2D eigenvalue weighted by atomic mass is 35.5. The Morgan fingerprint density at radius 3 is 2.52 bits per heavy atom. The van der Waals surface area contributed by atoms with Crippen molar-refractivity contribution in [2.75, 3.05) is 20.2 Å². The van der Waals surface area contributed by atoms with E-state index in [1.165, 1.54) is 5.56 Å². The molecule has 1 aliphatic heterocycles. The molecule has 0 bridgehead atoms. The minimum atomic E-state index is -0.470. The van der Waals surface area contributed by atoms with Gasteiger partial charge in [0.15, 0.2) is 0 Å². The number of halogens is 1. The molecule has 0 saturated carbocycles. The lowest BCUT2D eigenvalue weighted by Crippen LogP contribution is -2.43. The highest BCUT2D eigenvalue weighted by molar-refractivity contribution is 5.85. The van der Waals surface area contributed by atoms with Gasteiger partial charge in [0, 0.05) is 19.0 Å². The molecule has 1 saturated heterocycles. The molecule has 5 heteroatoms. The number of rotatable bonds is 5. The summed E-state index contributed by atoms with van der Waals surface area (Å²) in [5.41, 5.74) is 8.50. The van der Waals surface area contributed by atoms with Crippen molar-refractivity contribution in [2.45, 2.75) is 24.8 Å². The molecule has 2 aromatic rings. The molecule has 2 atom stereocenters. The first-order valence-corrected chi connectivity index (χ1v) is 8.39. The molecule has 0 radical (unpaired) electrons. The van der Waals surface area contributed by atoms with Gasteiger partial charge in [-0.15, -0.1) is 12.4 Å². The maximum Gasteiger partial charge on any atom is 0.239 e. The van der Waals surface area contributed by atoms with Crippen LogP contribution in [-0.4, -0.2) is 37.0 Å². The highest BCUT2D eigenvalue weighted by Crippen LogP contribution is 2.28. The Kier molecular flexibility index (Phi) is 6.85. The maximum absolute atomic E-state index is 12.6. The van der Waals surface area contributed by atoms with Crippen LogP contribution in [-0.2, 0) is 11.2 Å². The normalized spacial score (nSPS) is 17.7. The van der Waals surface area contributed by atoms with Crippen molar-refractivity contribution in [3.05, 3.63) is 65.7 Å². The van der Waals surface area contributed by atoms with Gasteiger partial charge in [-0.3, -0.25) is 4.79 Å². The van der Waals surface area contributed by atoms with Gasteiger partial charge in [0.2, 0.25) is 5.91 Å². The number of hydrogen-bond acceptors (Lipinski definition) is 3. The van der Waals surface area contributed by atoms with Crippen molar-refractivity contribution in [3.63, 3.8) is 0 Å². The van der Waals surface area contributed by atoms with Crippen LogP contribution >= 0.6 is 12.4 Å². The quantitative estimate of drug-likeness (QED) is 0.891. The van der Waals surface area contributed by atoms with E-state index in [0.717, 1.165) is 30.8 Å². The number of nitrogens with zero attached hydrogens (tertiary/aromatic N) is 1. The lowest BCUT2D eigenvalue weighted by atomic mass is 9.98. The highest BCUT2D eigenvalue weighted by Gasteiger charge is 2.30. The molecule has 0 aromatic heterocycles. The number of nitrogens with two attached hydrogens (primary N) is 1. The number of benzene rings is 2. The molecule has 134 valence electrons. The number of carbonyl (C=O) groups excluding carboxylic acids is 1. The fraction of sp³-hybridized carbons (Fsp3) is 0.350. The second-order valence-corrected chi connectivity index (χ2v) is 6.34. The van der Waals surface area contributed by atoms with E-state index in [-0.39, 0.29) is 18.3 Å². The van der Waals surface area contributed by atoms with E-state index in [1.54, 1.807) is 7.11 Å². The molecule has 2 aromatic carbocycles. The van der Waals surface area contributed by atoms with E-state index in [9.17, 15) is 4.79 Å². The second-order valence-electron chi connectivity index (χ2n) is 6.34. The van der Waals surface area contributed by atoms with Crippen LogP contribution in [0.4, 0.5) is 0 Å². The van der Waals surface area contributed by atoms with Crippen LogP contribution in [0.5, 0.6) is 5.75 Å². The molecule has 1 heterocycles. The van der Waals surface area contributed by atoms with E-state index in [1.807, 2.05) is 47.4 Å². The molecule has 4 nitrogen and oxygen atoms in total. The minimum absolute atomic E-state index is 0. The maximum atomic E-state index is 12.6. The van der Waals surface area contributed by atoms with Gasteiger partial charge in [-0.05, 0) is 36.1 Å². The van der Waals surface area contributed by atoms with E-state index in [4.69, 9.17) is 10.5 Å². The minimum Gasteiger partial charge on any atom is -0.497 e. The molecule has 25 heavy (non-hydrogen) atoms. The largest absolute Gasteiger partial charge is 0.497 e. The summed E-state index contributed by atoms with van der Waals surface area (Å²) in [7, 11) is 1.67. The number of amides is 1. The summed E-state index contributed by atoms with van der Waals surface area (Å²) in [4.78, 5) is 14.5. The van der Waals surface area contributed by atoms with Crippen molar-refractivity contribution in [1.29, 1.82) is 0 Å². The average molecular weight is 361 g/mol. The van der Waals surface area contributed by atoms with E-state index in [0.29, 0.717) is 12.3 Å². The lowest BCUT2D eigenvalue weighted by molar-refractivity contribution is -0.131. The van der Waals surface area contributed by atoms with Gasteiger partial charge < -0.3 is 15.4 Å². The summed E-state index contributed by atoms with van der Waals surface area (Å²) >= 11 is 0. The summed E-state index contributed by atoms with van der Waals surface area (Å²) in [6, 6.07) is 17.6. The molecular formula is C20H25ClN2O2. The van der Waals surface area contributed by atoms with Crippen LogP contribution in [0.1, 0.15) is 23.5 Å². The van der Waals surface area contributed by atoms with Gasteiger partial charge in [0.25, 0.3) is 0 Å². The van der Waals surface area contributed by atoms with Gasteiger partial charge in [0.05, 0.1) is 13.2 Å². The Hall–Kier alpha value is -2.04.